The van der Waals surface area contributed by atoms with E-state index in [1.54, 1.807) is 12.4 Å². The number of furan rings is 1. The van der Waals surface area contributed by atoms with Gasteiger partial charge in [0, 0.05) is 22.4 Å². The number of hydrogen-bond acceptors (Lipinski definition) is 7. The van der Waals surface area contributed by atoms with Gasteiger partial charge in [-0.05, 0) is 35.6 Å². The minimum atomic E-state index is -0.354. The summed E-state index contributed by atoms with van der Waals surface area (Å²) in [4.78, 5) is 9.69. The largest absolute Gasteiger partial charge is 4.00 e. The molecule has 0 amide bonds. The number of rotatable bonds is 4. The molecular weight excluding hydrogens is 1220 g/mol. The van der Waals surface area contributed by atoms with Gasteiger partial charge in [0.2, 0.25) is 26.1 Å². The van der Waals surface area contributed by atoms with Crippen LogP contribution in [-0.2, 0) is 56.2 Å². The molecule has 4 aliphatic rings. The van der Waals surface area contributed by atoms with E-state index in [0.29, 0.717) is 63.1 Å². The molecule has 4 aliphatic heterocycles. The number of fused-ring (bicyclic) bond motifs is 10. The second kappa shape index (κ2) is 15.5. The van der Waals surface area contributed by atoms with Crippen molar-refractivity contribution in [2.24, 2.45) is 14.1 Å². The number of nitrogens with zero attached hydrogens (tertiary/aromatic N) is 6. The number of aryl methyl sites for hydroxylation is 2. The number of pyridine rings is 2. The minimum Gasteiger partial charge on any atom is -0.631 e. The van der Waals surface area contributed by atoms with Gasteiger partial charge in [-0.2, -0.15) is 12.1 Å². The molecule has 0 saturated carbocycles. The standard InChI is InChI=1S/C54H26B2N6O5.2Pt/c1-59-29-61(42-11-5-3-9-40(42)59)34-24-38-53(57-26-34)66-48-15-7-13-46-51(48)55(38)36-21-31(17-19-44(36)64-46)33-23-50(63-28-33)32-18-20-45-37(22-32)56-39-25-35(62-30-60(2)41-10-4-6-12-43(41)62)27-58-54(39)67-49-16-8-14-47(65-45)52(49)56;;/h3-20,26-27H,1-2H3;;/q-6;2*+4. The maximum absolute atomic E-state index is 6.53. The van der Waals surface area contributed by atoms with Crippen molar-refractivity contribution < 1.29 is 74.6 Å². The molecule has 0 N–H and O–H groups in total. The van der Waals surface area contributed by atoms with Gasteiger partial charge in [-0.15, -0.1) is 57.9 Å². The first-order valence-corrected chi connectivity index (χ1v) is 21.7. The number of ether oxygens (including phenoxy) is 4. The number of aromatic nitrogens is 6. The van der Waals surface area contributed by atoms with Crippen LogP contribution in [0.1, 0.15) is 0 Å². The number of imidazole rings is 2. The second-order valence-corrected chi connectivity index (χ2v) is 16.9. The van der Waals surface area contributed by atoms with Crippen molar-refractivity contribution >= 4 is 68.3 Å². The van der Waals surface area contributed by atoms with E-state index in [-0.39, 0.29) is 55.6 Å². The molecule has 0 atom stereocenters. The third-order valence-electron chi connectivity index (χ3n) is 13.1. The third-order valence-corrected chi connectivity index (χ3v) is 13.1. The van der Waals surface area contributed by atoms with Crippen molar-refractivity contribution in [2.75, 3.05) is 0 Å². The van der Waals surface area contributed by atoms with Gasteiger partial charge in [-0.25, -0.2) is 12.1 Å². The Labute approximate surface area is 424 Å². The van der Waals surface area contributed by atoms with Crippen LogP contribution in [0.15, 0.2) is 126 Å². The van der Waals surface area contributed by atoms with Crippen molar-refractivity contribution in [1.82, 2.24) is 19.1 Å². The normalized spacial score (nSPS) is 13.0. The van der Waals surface area contributed by atoms with Gasteiger partial charge in [0.15, 0.2) is 0 Å². The Morgan fingerprint density at radius 1 is 0.478 bits per heavy atom. The number of hydrogen-bond donors (Lipinski definition) is 0. The first kappa shape index (κ1) is 41.7. The van der Waals surface area contributed by atoms with E-state index in [2.05, 4.69) is 73.5 Å². The molecule has 0 aliphatic carbocycles. The summed E-state index contributed by atoms with van der Waals surface area (Å²) in [5.74, 6) is 5.48. The molecule has 69 heavy (non-hydrogen) atoms. The van der Waals surface area contributed by atoms with Gasteiger partial charge in [0.1, 0.15) is 23.0 Å². The second-order valence-electron chi connectivity index (χ2n) is 16.9. The molecule has 11 aromatic rings. The van der Waals surface area contributed by atoms with E-state index in [9.17, 15) is 0 Å². The summed E-state index contributed by atoms with van der Waals surface area (Å²) < 4.78 is 40.0. The number of para-hydroxylation sites is 4. The molecule has 15 rings (SSSR count). The Morgan fingerprint density at radius 2 is 0.957 bits per heavy atom. The molecule has 326 valence electrons. The van der Waals surface area contributed by atoms with Crippen LogP contribution >= 0.6 is 0 Å². The molecule has 0 bridgehead atoms. The molecule has 11 nitrogen and oxygen atoms in total. The van der Waals surface area contributed by atoms with Crippen molar-refractivity contribution in [3.63, 3.8) is 0 Å². The predicted octanol–water partition coefficient (Wildman–Crippen LogP) is 4.79. The van der Waals surface area contributed by atoms with Crippen LogP contribution in [0.5, 0.6) is 46.3 Å². The summed E-state index contributed by atoms with van der Waals surface area (Å²) in [6.07, 6.45) is 13.5. The Hall–Kier alpha value is -7.45. The summed E-state index contributed by atoms with van der Waals surface area (Å²) in [6.45, 7) is -0.700. The van der Waals surface area contributed by atoms with E-state index in [1.165, 1.54) is 0 Å². The molecule has 9 heterocycles. The monoisotopic (exact) mass is 1250 g/mol. The topological polar surface area (TPSA) is 93.5 Å². The predicted molar refractivity (Wildman–Crippen MR) is 247 cm³/mol. The van der Waals surface area contributed by atoms with E-state index in [1.807, 2.05) is 117 Å². The first-order chi connectivity index (χ1) is 33.0. The maximum Gasteiger partial charge on any atom is 4.00 e. The van der Waals surface area contributed by atoms with Gasteiger partial charge in [-0.1, -0.05) is 78.8 Å². The molecular formula is C54H26B2N6O5Pt2+2. The zero-order valence-corrected chi connectivity index (χ0v) is 40.6. The molecule has 6 aromatic carbocycles. The molecule has 5 aromatic heterocycles. The Kier molecular flexibility index (Phi) is 9.39. The average molecular weight is 1250 g/mol. The quantitative estimate of drug-likeness (QED) is 0.142. The summed E-state index contributed by atoms with van der Waals surface area (Å²) in [6, 6.07) is 53.9. The van der Waals surface area contributed by atoms with Crippen LogP contribution in [-0.4, -0.2) is 32.5 Å². The van der Waals surface area contributed by atoms with Crippen LogP contribution in [0, 0.1) is 49.2 Å². The summed E-state index contributed by atoms with van der Waals surface area (Å²) in [5.41, 5.74) is 12.4. The van der Waals surface area contributed by atoms with Crippen LogP contribution in [0.25, 0.3) is 55.9 Å². The Morgan fingerprint density at radius 3 is 1.49 bits per heavy atom. The van der Waals surface area contributed by atoms with Gasteiger partial charge in [0.05, 0.1) is 47.9 Å². The van der Waals surface area contributed by atoms with Crippen LogP contribution in [0.4, 0.5) is 0 Å². The average Bonchev–Trinajstić information content (AvgIpc) is 4.09. The summed E-state index contributed by atoms with van der Waals surface area (Å²) >= 11 is 0. The number of benzene rings is 6. The Balaban J connectivity index is 0.00000234. The van der Waals surface area contributed by atoms with E-state index in [0.717, 1.165) is 71.8 Å². The van der Waals surface area contributed by atoms with Gasteiger partial charge >= 0.3 is 42.1 Å². The van der Waals surface area contributed by atoms with E-state index < -0.39 is 0 Å². The van der Waals surface area contributed by atoms with Gasteiger partial charge in [0.25, 0.3) is 0 Å². The van der Waals surface area contributed by atoms with Gasteiger partial charge in [-0.3, -0.25) is 0 Å². The molecule has 15 heteroatoms. The van der Waals surface area contributed by atoms with Crippen molar-refractivity contribution in [3.8, 4) is 80.1 Å². The van der Waals surface area contributed by atoms with Crippen LogP contribution in [0.3, 0.4) is 0 Å². The zero-order valence-electron chi connectivity index (χ0n) is 36.1. The van der Waals surface area contributed by atoms with Gasteiger partial charge < -0.3 is 68.8 Å². The molecule has 0 spiro atoms. The van der Waals surface area contributed by atoms with Crippen molar-refractivity contribution in [1.29, 1.82) is 0 Å². The third kappa shape index (κ3) is 6.16. The summed E-state index contributed by atoms with van der Waals surface area (Å²) in [5, 5.41) is 0. The minimum absolute atomic E-state index is 0. The smallest absolute Gasteiger partial charge is 0.631 e. The van der Waals surface area contributed by atoms with E-state index in [4.69, 9.17) is 33.3 Å². The first-order valence-electron chi connectivity index (χ1n) is 21.7. The molecule has 0 unspecified atom stereocenters. The fraction of sp³-hybridized carbons (Fsp3) is 0.0370. The van der Waals surface area contributed by atoms with E-state index >= 15 is 0 Å². The van der Waals surface area contributed by atoms with Crippen molar-refractivity contribution in [3.05, 3.63) is 171 Å². The van der Waals surface area contributed by atoms with Crippen LogP contribution in [0.2, 0.25) is 0 Å². The van der Waals surface area contributed by atoms with Crippen molar-refractivity contribution in [2.45, 2.75) is 0 Å². The molecule has 0 radical (unpaired) electrons. The summed E-state index contributed by atoms with van der Waals surface area (Å²) in [7, 11) is 3.95. The SMILES string of the molecule is C[n+]1[c-]n(-c2[c-]c3c(nc2)Oc2cccc4c2B3c2[c-]c(-c3[c-]oc(-c5[c-]c6c(cc5)Oc5cccc7c5B6c5[c-]c(-n6[c-][n+](C)c8ccccc86)cnc5O7)[c-]3)ccc2O4)c2ccccc21.[Pt+4].[Pt+4]. The Bertz CT molecular complexity index is 3700. The van der Waals surface area contributed by atoms with Crippen LogP contribution < -0.4 is 60.9 Å². The fourth-order valence-electron chi connectivity index (χ4n) is 10.0. The molecule has 0 fully saturated rings. The fourth-order valence-corrected chi connectivity index (χ4v) is 10.0. The zero-order chi connectivity index (χ0) is 44.1. The maximum atomic E-state index is 6.53. The molecule has 0 saturated heterocycles.